The summed E-state index contributed by atoms with van der Waals surface area (Å²) in [5.41, 5.74) is 0. The molecule has 5 nitrogen and oxygen atoms in total. The number of hydrogen-bond donors (Lipinski definition) is 2. The second kappa shape index (κ2) is 9.82. The average Bonchev–Trinajstić information content (AvgIpc) is 2.81. The molecule has 0 fully saturated rings. The highest BCUT2D eigenvalue weighted by atomic mass is 32.2. The van der Waals surface area contributed by atoms with Gasteiger partial charge in [-0.15, -0.1) is 11.8 Å². The molecule has 0 saturated carbocycles. The predicted octanol–water partition coefficient (Wildman–Crippen LogP) is 2.04. The third-order valence-electron chi connectivity index (χ3n) is 3.59. The van der Waals surface area contributed by atoms with Crippen LogP contribution in [0.1, 0.15) is 32.6 Å². The van der Waals surface area contributed by atoms with Gasteiger partial charge >= 0.3 is 5.97 Å². The van der Waals surface area contributed by atoms with E-state index in [4.69, 9.17) is 5.11 Å². The Hall–Kier alpha value is -1.11. The predicted molar refractivity (Wildman–Crippen MR) is 86.1 cm³/mol. The van der Waals surface area contributed by atoms with Gasteiger partial charge in [-0.05, 0) is 12.7 Å². The molecule has 22 heavy (non-hydrogen) atoms. The molecule has 1 aliphatic carbocycles. The minimum atomic E-state index is -0.964. The van der Waals surface area contributed by atoms with Crippen molar-refractivity contribution in [1.82, 2.24) is 0 Å². The van der Waals surface area contributed by atoms with Gasteiger partial charge in [0, 0.05) is 10.8 Å². The Morgan fingerprint density at radius 2 is 2.23 bits per heavy atom. The highest BCUT2D eigenvalue weighted by molar-refractivity contribution is 8.03. The highest BCUT2D eigenvalue weighted by Crippen LogP contribution is 2.34. The Balaban J connectivity index is 2.73. The zero-order chi connectivity index (χ0) is 16.5. The topological polar surface area (TPSA) is 83.8 Å². The number of Topliss-reactive ketones (excluding diaryl/α,β-unsaturated/α-hetero) is 1. The molecule has 1 aliphatic rings. The molecule has 3 unspecified atom stereocenters. The first-order chi connectivity index (χ1) is 10.5. The van der Waals surface area contributed by atoms with Crippen LogP contribution in [0.5, 0.6) is 0 Å². The van der Waals surface area contributed by atoms with Crippen LogP contribution in [0.15, 0.2) is 23.1 Å². The summed E-state index contributed by atoms with van der Waals surface area (Å²) in [6.07, 6.45) is 9.96. The molecule has 0 saturated heterocycles. The molecule has 0 amide bonds. The number of aliphatic hydroxyl groups is 2. The first-order valence-electron chi connectivity index (χ1n) is 7.49. The van der Waals surface area contributed by atoms with Gasteiger partial charge in [0.15, 0.2) is 12.6 Å². The summed E-state index contributed by atoms with van der Waals surface area (Å²) in [6, 6.07) is 0. The summed E-state index contributed by atoms with van der Waals surface area (Å²) in [5, 5.41) is 18.6. The molecule has 0 aromatic carbocycles. The van der Waals surface area contributed by atoms with Gasteiger partial charge in [0.2, 0.25) is 0 Å². The van der Waals surface area contributed by atoms with Crippen molar-refractivity contribution < 1.29 is 24.5 Å². The van der Waals surface area contributed by atoms with Crippen molar-refractivity contribution in [3.63, 3.8) is 0 Å². The van der Waals surface area contributed by atoms with Crippen LogP contribution < -0.4 is 0 Å². The largest absolute Gasteiger partial charge is 0.438 e. The van der Waals surface area contributed by atoms with Gasteiger partial charge in [0.25, 0.3) is 0 Å². The van der Waals surface area contributed by atoms with Gasteiger partial charge in [-0.25, -0.2) is 0 Å². The summed E-state index contributed by atoms with van der Waals surface area (Å²) >= 11 is 1.28. The van der Waals surface area contributed by atoms with Crippen molar-refractivity contribution in [2.75, 3.05) is 13.0 Å². The SMILES string of the molecule is CCCCCC(O)/C=C/C1C=C(SC)C(=O)C1C(=O)OCO. The highest BCUT2D eigenvalue weighted by Gasteiger charge is 2.40. The number of ketones is 1. The maximum atomic E-state index is 12.2. The molecule has 3 atom stereocenters. The number of allylic oxidation sites excluding steroid dienone is 3. The Bertz CT molecular complexity index is 444. The van der Waals surface area contributed by atoms with E-state index in [-0.39, 0.29) is 5.78 Å². The fourth-order valence-corrected chi connectivity index (χ4v) is 3.01. The van der Waals surface area contributed by atoms with Crippen LogP contribution >= 0.6 is 11.8 Å². The Morgan fingerprint density at radius 1 is 1.50 bits per heavy atom. The van der Waals surface area contributed by atoms with Gasteiger partial charge in [0.05, 0.1) is 6.10 Å². The lowest BCUT2D eigenvalue weighted by Gasteiger charge is -2.13. The number of ether oxygens (including phenoxy) is 1. The molecule has 2 N–H and O–H groups in total. The van der Waals surface area contributed by atoms with Gasteiger partial charge in [-0.2, -0.15) is 0 Å². The van der Waals surface area contributed by atoms with Crippen molar-refractivity contribution in [2.45, 2.75) is 38.7 Å². The van der Waals surface area contributed by atoms with Gasteiger partial charge < -0.3 is 14.9 Å². The molecule has 0 spiro atoms. The van der Waals surface area contributed by atoms with E-state index in [0.717, 1.165) is 19.3 Å². The molecule has 0 aromatic heterocycles. The van der Waals surface area contributed by atoms with Crippen molar-refractivity contribution in [3.05, 3.63) is 23.1 Å². The standard InChI is InChI=1S/C16H24O5S/c1-3-4-5-6-12(18)8-7-11-9-13(22-2)15(19)14(11)16(20)21-10-17/h7-9,11-12,14,17-18H,3-6,10H2,1-2H3/b8-7+. The lowest BCUT2D eigenvalue weighted by Crippen LogP contribution is -2.28. The molecule has 0 aliphatic heterocycles. The lowest BCUT2D eigenvalue weighted by molar-refractivity contribution is -0.158. The third kappa shape index (κ3) is 5.26. The summed E-state index contributed by atoms with van der Waals surface area (Å²) in [7, 11) is 0. The maximum absolute atomic E-state index is 12.2. The number of unbranched alkanes of at least 4 members (excludes halogenated alkanes) is 2. The van der Waals surface area contributed by atoms with E-state index < -0.39 is 30.7 Å². The van der Waals surface area contributed by atoms with E-state index in [1.54, 1.807) is 24.5 Å². The monoisotopic (exact) mass is 328 g/mol. The number of esters is 1. The first kappa shape index (κ1) is 18.9. The molecule has 0 heterocycles. The molecule has 1 rings (SSSR count). The zero-order valence-electron chi connectivity index (χ0n) is 13.0. The van der Waals surface area contributed by atoms with Crippen LogP contribution in [0.2, 0.25) is 0 Å². The van der Waals surface area contributed by atoms with Crippen LogP contribution in [0.4, 0.5) is 0 Å². The quantitative estimate of drug-likeness (QED) is 0.221. The van der Waals surface area contributed by atoms with E-state index in [9.17, 15) is 14.7 Å². The number of carbonyl (C=O) groups is 2. The molecule has 0 radical (unpaired) electrons. The number of carbonyl (C=O) groups excluding carboxylic acids is 2. The average molecular weight is 328 g/mol. The van der Waals surface area contributed by atoms with Crippen LogP contribution in [-0.4, -0.2) is 41.1 Å². The van der Waals surface area contributed by atoms with Crippen LogP contribution in [0.3, 0.4) is 0 Å². The Kier molecular flexibility index (Phi) is 8.45. The summed E-state index contributed by atoms with van der Waals surface area (Å²) in [5.74, 6) is -2.42. The second-order valence-electron chi connectivity index (χ2n) is 5.19. The second-order valence-corrected chi connectivity index (χ2v) is 6.04. The van der Waals surface area contributed by atoms with Gasteiger partial charge in [-0.3, -0.25) is 9.59 Å². The van der Waals surface area contributed by atoms with E-state index in [0.29, 0.717) is 11.3 Å². The van der Waals surface area contributed by atoms with Crippen molar-refractivity contribution in [2.24, 2.45) is 11.8 Å². The summed E-state index contributed by atoms with van der Waals surface area (Å²) in [4.78, 5) is 24.5. The van der Waals surface area contributed by atoms with E-state index in [1.807, 2.05) is 0 Å². The number of rotatable bonds is 9. The first-order valence-corrected chi connectivity index (χ1v) is 8.71. The van der Waals surface area contributed by atoms with Gasteiger partial charge in [-0.1, -0.05) is 44.4 Å². The molecule has 0 bridgehead atoms. The van der Waals surface area contributed by atoms with E-state index in [2.05, 4.69) is 11.7 Å². The fraction of sp³-hybridized carbons (Fsp3) is 0.625. The summed E-state index contributed by atoms with van der Waals surface area (Å²) < 4.78 is 4.56. The van der Waals surface area contributed by atoms with Crippen LogP contribution in [0.25, 0.3) is 0 Å². The van der Waals surface area contributed by atoms with Crippen molar-refractivity contribution >= 4 is 23.5 Å². The molecular weight excluding hydrogens is 304 g/mol. The number of thioether (sulfide) groups is 1. The Morgan fingerprint density at radius 3 is 2.82 bits per heavy atom. The third-order valence-corrected chi connectivity index (χ3v) is 4.37. The normalized spacial score (nSPS) is 22.9. The number of aliphatic hydroxyl groups excluding tert-OH is 2. The van der Waals surface area contributed by atoms with E-state index in [1.165, 1.54) is 11.8 Å². The number of hydrogen-bond acceptors (Lipinski definition) is 6. The lowest BCUT2D eigenvalue weighted by atomic mass is 9.93. The van der Waals surface area contributed by atoms with Crippen LogP contribution in [-0.2, 0) is 14.3 Å². The minimum absolute atomic E-state index is 0.291. The van der Waals surface area contributed by atoms with Gasteiger partial charge in [0.1, 0.15) is 5.92 Å². The maximum Gasteiger partial charge on any atom is 0.319 e. The fourth-order valence-electron chi connectivity index (χ4n) is 2.39. The molecule has 124 valence electrons. The summed E-state index contributed by atoms with van der Waals surface area (Å²) in [6.45, 7) is 1.35. The molecule has 6 heteroatoms. The van der Waals surface area contributed by atoms with Crippen molar-refractivity contribution in [1.29, 1.82) is 0 Å². The smallest absolute Gasteiger partial charge is 0.319 e. The van der Waals surface area contributed by atoms with Crippen molar-refractivity contribution in [3.8, 4) is 0 Å². The Labute approximate surface area is 135 Å². The minimum Gasteiger partial charge on any atom is -0.438 e. The molecular formula is C16H24O5S. The zero-order valence-corrected chi connectivity index (χ0v) is 13.8. The van der Waals surface area contributed by atoms with E-state index >= 15 is 0 Å². The molecule has 0 aromatic rings. The van der Waals surface area contributed by atoms with Crippen LogP contribution in [0, 0.1) is 11.8 Å².